The molecule has 2 aliphatic carbocycles. The number of hydrogen-bond acceptors (Lipinski definition) is 2. The molecule has 6 atom stereocenters. The van der Waals surface area contributed by atoms with E-state index in [4.69, 9.17) is 0 Å². The second-order valence-corrected chi connectivity index (χ2v) is 9.73. The van der Waals surface area contributed by atoms with Gasteiger partial charge in [-0.1, -0.05) is 12.8 Å². The van der Waals surface area contributed by atoms with Crippen LogP contribution < -0.4 is 25.4 Å². The number of nitrogens with one attached hydrogen (secondary N) is 5. The maximum absolute atomic E-state index is 4.34. The predicted molar refractivity (Wildman–Crippen MR) is 121 cm³/mol. The average Bonchev–Trinajstić information content (AvgIpc) is 2.80. The molecule has 2 unspecified atom stereocenters. The molecule has 5 nitrogen and oxygen atoms in total. The Bertz CT molecular complexity index is 663. The number of fused-ring (bicyclic) bond motifs is 4. The van der Waals surface area contributed by atoms with E-state index in [2.05, 4.69) is 54.2 Å². The molecule has 1 aromatic heterocycles. The molecule has 0 amide bonds. The van der Waals surface area contributed by atoms with Crippen LogP contribution >= 0.6 is 0 Å². The average molecular weight is 559 g/mol. The van der Waals surface area contributed by atoms with E-state index in [0.717, 1.165) is 26.2 Å². The summed E-state index contributed by atoms with van der Waals surface area (Å²) in [7, 11) is 0. The zero-order chi connectivity index (χ0) is 20.8. The van der Waals surface area contributed by atoms with Crippen LogP contribution in [-0.4, -0.2) is 43.8 Å². The van der Waals surface area contributed by atoms with Crippen LogP contribution in [0, 0.1) is 13.5 Å². The van der Waals surface area contributed by atoms with Crippen LogP contribution in [-0.2, 0) is 62.9 Å². The van der Waals surface area contributed by atoms with E-state index in [-0.39, 0.29) is 49.8 Å². The fourth-order valence-corrected chi connectivity index (χ4v) is 6.28. The smallest absolute Gasteiger partial charge is 0.453 e. The van der Waals surface area contributed by atoms with E-state index >= 15 is 0 Å². The van der Waals surface area contributed by atoms with Crippen molar-refractivity contribution in [2.45, 2.75) is 95.5 Å². The van der Waals surface area contributed by atoms with Crippen LogP contribution in [0.5, 0.6) is 0 Å². The number of H-pyrrole nitrogens is 1. The molecule has 1 radical (unpaired) electrons. The van der Waals surface area contributed by atoms with Crippen molar-refractivity contribution in [3.05, 3.63) is 43.1 Å². The summed E-state index contributed by atoms with van der Waals surface area (Å²) in [5, 5.41) is 7.93. The Labute approximate surface area is 232 Å². The monoisotopic (exact) mass is 558 g/mol. The number of rotatable bonds is 2. The van der Waals surface area contributed by atoms with Crippen molar-refractivity contribution in [1.29, 1.82) is 0 Å². The molecular formula is C25H44MnN5Y+4. The van der Waals surface area contributed by atoms with Crippen molar-refractivity contribution < 1.29 is 64.6 Å². The van der Waals surface area contributed by atoms with Crippen LogP contribution in [0.2, 0.25) is 0 Å². The summed E-state index contributed by atoms with van der Waals surface area (Å²) >= 11 is 0. The summed E-state index contributed by atoms with van der Waals surface area (Å²) in [6, 6.07) is 9.36. The first-order chi connectivity index (χ1) is 14.8. The molecular weight excluding hydrogens is 514 g/mol. The number of hydrogen-bond donors (Lipinski definition) is 4. The van der Waals surface area contributed by atoms with Gasteiger partial charge < -0.3 is 15.1 Å². The van der Waals surface area contributed by atoms with Gasteiger partial charge in [-0.05, 0) is 44.7 Å². The minimum atomic E-state index is 0. The van der Waals surface area contributed by atoms with E-state index in [1.54, 1.807) is 9.80 Å². The maximum atomic E-state index is 4.34. The molecule has 2 heterocycles. The molecule has 2 fully saturated rings. The first-order valence-electron chi connectivity index (χ1n) is 12.5. The molecule has 0 spiro atoms. The molecule has 1 aromatic rings. The Morgan fingerprint density at radius 2 is 1.66 bits per heavy atom. The first-order valence-corrected chi connectivity index (χ1v) is 12.5. The van der Waals surface area contributed by atoms with Crippen LogP contribution in [0.25, 0.3) is 0 Å². The quantitative estimate of drug-likeness (QED) is 0.308. The van der Waals surface area contributed by atoms with Gasteiger partial charge in [0.05, 0.1) is 31.2 Å². The van der Waals surface area contributed by atoms with Gasteiger partial charge in [-0.2, -0.15) is 0 Å². The second kappa shape index (κ2) is 14.9. The molecule has 0 saturated heterocycles. The Balaban J connectivity index is 0.00000181. The third kappa shape index (κ3) is 7.55. The van der Waals surface area contributed by atoms with E-state index in [0.29, 0.717) is 24.2 Å². The Kier molecular flexibility index (Phi) is 13.4. The van der Waals surface area contributed by atoms with Gasteiger partial charge in [-0.3, -0.25) is 12.2 Å². The van der Waals surface area contributed by atoms with Gasteiger partial charge in [0.2, 0.25) is 5.69 Å². The van der Waals surface area contributed by atoms with Crippen molar-refractivity contribution in [3.63, 3.8) is 0 Å². The zero-order valence-electron chi connectivity index (χ0n) is 20.0. The topological polar surface area (TPSA) is 47.1 Å². The van der Waals surface area contributed by atoms with Crippen molar-refractivity contribution >= 4 is 0 Å². The van der Waals surface area contributed by atoms with E-state index in [1.807, 2.05) is 0 Å². The third-order valence-electron chi connectivity index (χ3n) is 7.94. The summed E-state index contributed by atoms with van der Waals surface area (Å²) in [4.78, 5) is 7.05. The number of pyridine rings is 1. The Morgan fingerprint density at radius 3 is 2.38 bits per heavy atom. The van der Waals surface area contributed by atoms with Gasteiger partial charge >= 0.3 is 17.1 Å². The molecule has 5 N–H and O–H groups in total. The molecule has 3 aliphatic rings. The Hall–Kier alpha value is 0.613. The summed E-state index contributed by atoms with van der Waals surface area (Å²) in [6.07, 6.45) is 10.7. The van der Waals surface area contributed by atoms with E-state index < -0.39 is 0 Å². The van der Waals surface area contributed by atoms with Crippen LogP contribution in [0.4, 0.5) is 0 Å². The molecule has 32 heavy (non-hydrogen) atoms. The minimum Gasteiger partial charge on any atom is -0.453 e. The van der Waals surface area contributed by atoms with E-state index in [9.17, 15) is 0 Å². The molecule has 4 rings (SSSR count). The van der Waals surface area contributed by atoms with Gasteiger partial charge in [0.15, 0.2) is 5.69 Å². The molecule has 2 bridgehead atoms. The van der Waals surface area contributed by atoms with Crippen LogP contribution in [0.1, 0.15) is 69.7 Å². The van der Waals surface area contributed by atoms with Crippen molar-refractivity contribution in [2.75, 3.05) is 19.6 Å². The second-order valence-electron chi connectivity index (χ2n) is 9.73. The number of quaternary nitrogens is 2. The zero-order valence-corrected chi connectivity index (χ0v) is 24.0. The normalized spacial score (nSPS) is 33.8. The largest absolute Gasteiger partial charge is 3.00 e. The fourth-order valence-electron chi connectivity index (χ4n) is 6.28. The van der Waals surface area contributed by atoms with Gasteiger partial charge in [0, 0.05) is 57.8 Å². The number of aromatic amines is 1. The molecule has 2 saturated carbocycles. The SMILES string of the molecule is [CH2-]C[NH+]1CCN[C@@H]2CCCC[C@H]2[NH+]([CH-]C)Cc2cccc([nH+]2)CN[C@@H]2CCCC[C@H]21.[Mn+3].[Y]. The van der Waals surface area contributed by atoms with Gasteiger partial charge in [0.25, 0.3) is 0 Å². The summed E-state index contributed by atoms with van der Waals surface area (Å²) in [6.45, 7) is 14.3. The molecule has 7 heteroatoms. The van der Waals surface area contributed by atoms with Gasteiger partial charge in [-0.25, -0.2) is 4.98 Å². The molecule has 175 valence electrons. The van der Waals surface area contributed by atoms with Gasteiger partial charge in [-0.15, -0.1) is 13.5 Å². The van der Waals surface area contributed by atoms with Crippen molar-refractivity contribution in [3.8, 4) is 0 Å². The summed E-state index contributed by atoms with van der Waals surface area (Å²) in [5.74, 6) is 0. The number of aromatic nitrogens is 1. The Morgan fingerprint density at radius 1 is 1.00 bits per heavy atom. The standard InChI is InChI=1S/C25H42N5.Mn.Y/c1-3-29-17-16-26-22-12-5-8-15-25(22)30(4-2)19-21-11-9-10-20(28-21)18-27-23-13-6-7-14-24(23)29;;/h4,9-11,22-27,30H,1,3,5-8,12-19H2,2H3;;/q-1;+3;/p+2/t22-,23-,24-,25-;;/m1../s1. The van der Waals surface area contributed by atoms with Crippen LogP contribution in [0.15, 0.2) is 18.2 Å². The van der Waals surface area contributed by atoms with Crippen LogP contribution in [0.3, 0.4) is 0 Å². The predicted octanol–water partition coefficient (Wildman–Crippen LogP) is 0.0965. The van der Waals surface area contributed by atoms with Crippen molar-refractivity contribution in [1.82, 2.24) is 10.6 Å². The third-order valence-corrected chi connectivity index (χ3v) is 7.94. The van der Waals surface area contributed by atoms with Crippen molar-refractivity contribution in [2.24, 2.45) is 0 Å². The molecule has 0 aromatic carbocycles. The molecule has 1 aliphatic heterocycles. The fraction of sp³-hybridized carbons (Fsp3) is 0.720. The maximum Gasteiger partial charge on any atom is 3.00 e. The summed E-state index contributed by atoms with van der Waals surface area (Å²) in [5.41, 5.74) is 2.67. The van der Waals surface area contributed by atoms with Gasteiger partial charge in [0.1, 0.15) is 12.6 Å². The van der Waals surface area contributed by atoms with E-state index in [1.165, 1.54) is 69.3 Å². The first kappa shape index (κ1) is 28.8. The summed E-state index contributed by atoms with van der Waals surface area (Å²) < 4.78 is 0. The minimum absolute atomic E-state index is 0.